The van der Waals surface area contributed by atoms with Crippen LogP contribution in [-0.2, 0) is 0 Å². The summed E-state index contributed by atoms with van der Waals surface area (Å²) in [5, 5.41) is 8.65. The predicted octanol–water partition coefficient (Wildman–Crippen LogP) is 2.02. The van der Waals surface area contributed by atoms with Crippen LogP contribution in [0.4, 0.5) is 0 Å². The molecule has 1 atom stereocenters. The van der Waals surface area contributed by atoms with E-state index in [2.05, 4.69) is 15.9 Å². The van der Waals surface area contributed by atoms with Crippen molar-refractivity contribution in [2.75, 3.05) is 6.61 Å². The highest BCUT2D eigenvalue weighted by Gasteiger charge is 2.15. The Kier molecular flexibility index (Phi) is 4.12. The lowest BCUT2D eigenvalue weighted by molar-refractivity contribution is 0.0981. The van der Waals surface area contributed by atoms with E-state index in [9.17, 15) is 4.79 Å². The zero-order valence-electron chi connectivity index (χ0n) is 7.11. The van der Waals surface area contributed by atoms with Crippen LogP contribution in [0.1, 0.15) is 16.8 Å². The van der Waals surface area contributed by atoms with E-state index in [1.54, 1.807) is 12.1 Å². The molecular formula is C10H11BrO2. The average molecular weight is 243 g/mol. The number of ketones is 1. The van der Waals surface area contributed by atoms with Crippen LogP contribution in [0.3, 0.4) is 0 Å². The maximum Gasteiger partial charge on any atom is 0.176 e. The second kappa shape index (κ2) is 5.14. The molecule has 0 amide bonds. The van der Waals surface area contributed by atoms with E-state index in [-0.39, 0.29) is 17.2 Å². The first-order chi connectivity index (χ1) is 6.25. The Morgan fingerprint density at radius 3 is 2.54 bits per heavy atom. The van der Waals surface area contributed by atoms with E-state index in [0.717, 1.165) is 0 Å². The number of rotatable bonds is 4. The molecule has 0 aliphatic rings. The fourth-order valence-corrected chi connectivity index (χ4v) is 1.50. The van der Waals surface area contributed by atoms with E-state index in [1.807, 2.05) is 18.2 Å². The Labute approximate surface area is 85.7 Å². The molecule has 0 radical (unpaired) electrons. The Morgan fingerprint density at radius 1 is 1.38 bits per heavy atom. The molecule has 0 saturated heterocycles. The van der Waals surface area contributed by atoms with Gasteiger partial charge in [0.25, 0.3) is 0 Å². The summed E-state index contributed by atoms with van der Waals surface area (Å²) in [7, 11) is 0. The number of carbonyl (C=O) groups is 1. The second-order valence-electron chi connectivity index (χ2n) is 2.71. The number of alkyl halides is 1. The number of aliphatic hydroxyl groups excluding tert-OH is 1. The molecule has 70 valence electrons. The Balaban J connectivity index is 2.68. The summed E-state index contributed by atoms with van der Waals surface area (Å²) in [6.45, 7) is 0.0223. The SMILES string of the molecule is O=C(c1ccccc1)[C@@H](Br)CCO. The van der Waals surface area contributed by atoms with Crippen LogP contribution in [0.25, 0.3) is 0 Å². The third-order valence-corrected chi connectivity index (χ3v) is 2.60. The van der Waals surface area contributed by atoms with E-state index in [4.69, 9.17) is 5.11 Å². The lowest BCUT2D eigenvalue weighted by atomic mass is 10.1. The van der Waals surface area contributed by atoms with Gasteiger partial charge in [-0.25, -0.2) is 0 Å². The number of halogens is 1. The van der Waals surface area contributed by atoms with Gasteiger partial charge < -0.3 is 5.11 Å². The molecular weight excluding hydrogens is 232 g/mol. The van der Waals surface area contributed by atoms with Crippen molar-refractivity contribution in [3.8, 4) is 0 Å². The van der Waals surface area contributed by atoms with Gasteiger partial charge in [0.1, 0.15) is 0 Å². The normalized spacial score (nSPS) is 12.5. The van der Waals surface area contributed by atoms with Crippen molar-refractivity contribution in [3.63, 3.8) is 0 Å². The van der Waals surface area contributed by atoms with E-state index >= 15 is 0 Å². The first-order valence-electron chi connectivity index (χ1n) is 4.10. The molecule has 0 aliphatic carbocycles. The zero-order chi connectivity index (χ0) is 9.68. The number of hydrogen-bond acceptors (Lipinski definition) is 2. The van der Waals surface area contributed by atoms with Gasteiger partial charge >= 0.3 is 0 Å². The van der Waals surface area contributed by atoms with Crippen LogP contribution in [0.5, 0.6) is 0 Å². The lowest BCUT2D eigenvalue weighted by Gasteiger charge is -2.05. The van der Waals surface area contributed by atoms with Crippen LogP contribution < -0.4 is 0 Å². The quantitative estimate of drug-likeness (QED) is 0.648. The van der Waals surface area contributed by atoms with Gasteiger partial charge in [-0.1, -0.05) is 46.3 Å². The van der Waals surface area contributed by atoms with Crippen molar-refractivity contribution < 1.29 is 9.90 Å². The molecule has 0 spiro atoms. The van der Waals surface area contributed by atoms with Gasteiger partial charge in [0, 0.05) is 12.2 Å². The van der Waals surface area contributed by atoms with E-state index in [0.29, 0.717) is 12.0 Å². The van der Waals surface area contributed by atoms with Gasteiger partial charge in [-0.15, -0.1) is 0 Å². The third kappa shape index (κ3) is 2.94. The minimum atomic E-state index is -0.278. The van der Waals surface area contributed by atoms with Crippen LogP contribution in [0, 0.1) is 0 Å². The Morgan fingerprint density at radius 2 is 2.00 bits per heavy atom. The van der Waals surface area contributed by atoms with Crippen molar-refractivity contribution >= 4 is 21.7 Å². The molecule has 3 heteroatoms. The summed E-state index contributed by atoms with van der Waals surface area (Å²) >= 11 is 3.23. The second-order valence-corrected chi connectivity index (χ2v) is 3.82. The number of aliphatic hydroxyl groups is 1. The van der Waals surface area contributed by atoms with Gasteiger partial charge in [-0.2, -0.15) is 0 Å². The van der Waals surface area contributed by atoms with Crippen LogP contribution >= 0.6 is 15.9 Å². The standard InChI is InChI=1S/C10H11BrO2/c11-9(6-7-12)10(13)8-4-2-1-3-5-8/h1-5,9,12H,6-7H2/t9-/m0/s1. The number of carbonyl (C=O) groups excluding carboxylic acids is 1. The summed E-state index contributed by atoms with van der Waals surface area (Å²) in [6, 6.07) is 9.06. The van der Waals surface area contributed by atoms with E-state index in [1.165, 1.54) is 0 Å². The van der Waals surface area contributed by atoms with Crippen molar-refractivity contribution in [2.45, 2.75) is 11.2 Å². The first kappa shape index (κ1) is 10.4. The summed E-state index contributed by atoms with van der Waals surface area (Å²) in [4.78, 5) is 11.3. The molecule has 1 N–H and O–H groups in total. The maximum atomic E-state index is 11.6. The average Bonchev–Trinajstić information content (AvgIpc) is 2.18. The van der Waals surface area contributed by atoms with Gasteiger partial charge in [-0.3, -0.25) is 4.79 Å². The molecule has 13 heavy (non-hydrogen) atoms. The van der Waals surface area contributed by atoms with Crippen molar-refractivity contribution in [3.05, 3.63) is 35.9 Å². The molecule has 1 aromatic rings. The third-order valence-electron chi connectivity index (χ3n) is 1.73. The highest BCUT2D eigenvalue weighted by atomic mass is 79.9. The Bertz CT molecular complexity index is 272. The van der Waals surface area contributed by atoms with Gasteiger partial charge in [-0.05, 0) is 6.42 Å². The molecule has 0 heterocycles. The number of hydrogen-bond donors (Lipinski definition) is 1. The molecule has 1 rings (SSSR count). The van der Waals surface area contributed by atoms with Gasteiger partial charge in [0.05, 0.1) is 4.83 Å². The Hall–Kier alpha value is -0.670. The van der Waals surface area contributed by atoms with Gasteiger partial charge in [0.15, 0.2) is 5.78 Å². The molecule has 1 aromatic carbocycles. The highest BCUT2D eigenvalue weighted by molar-refractivity contribution is 9.10. The summed E-state index contributed by atoms with van der Waals surface area (Å²) in [6.07, 6.45) is 0.452. The van der Waals surface area contributed by atoms with Crippen LogP contribution in [-0.4, -0.2) is 22.3 Å². The minimum Gasteiger partial charge on any atom is -0.396 e. The van der Waals surface area contributed by atoms with Crippen molar-refractivity contribution in [2.24, 2.45) is 0 Å². The van der Waals surface area contributed by atoms with Gasteiger partial charge in [0.2, 0.25) is 0 Å². The first-order valence-corrected chi connectivity index (χ1v) is 5.01. The minimum absolute atomic E-state index is 0.0223. The summed E-state index contributed by atoms with van der Waals surface area (Å²) < 4.78 is 0. The highest BCUT2D eigenvalue weighted by Crippen LogP contribution is 2.12. The number of Topliss-reactive ketones (excluding diaryl/α,β-unsaturated/α-hetero) is 1. The lowest BCUT2D eigenvalue weighted by Crippen LogP contribution is -2.15. The van der Waals surface area contributed by atoms with E-state index < -0.39 is 0 Å². The summed E-state index contributed by atoms with van der Waals surface area (Å²) in [5.74, 6) is 0.0228. The smallest absolute Gasteiger partial charge is 0.176 e. The number of benzene rings is 1. The largest absolute Gasteiger partial charge is 0.396 e. The molecule has 0 aromatic heterocycles. The van der Waals surface area contributed by atoms with Crippen LogP contribution in [0.15, 0.2) is 30.3 Å². The fraction of sp³-hybridized carbons (Fsp3) is 0.300. The molecule has 0 fully saturated rings. The molecule has 0 unspecified atom stereocenters. The predicted molar refractivity (Wildman–Crippen MR) is 55.2 cm³/mol. The van der Waals surface area contributed by atoms with Crippen LogP contribution in [0.2, 0.25) is 0 Å². The summed E-state index contributed by atoms with van der Waals surface area (Å²) in [5.41, 5.74) is 0.679. The fourth-order valence-electron chi connectivity index (χ4n) is 1.03. The molecule has 0 aliphatic heterocycles. The molecule has 0 bridgehead atoms. The molecule has 0 saturated carbocycles. The zero-order valence-corrected chi connectivity index (χ0v) is 8.70. The maximum absolute atomic E-state index is 11.6. The topological polar surface area (TPSA) is 37.3 Å². The van der Waals surface area contributed by atoms with Crippen molar-refractivity contribution in [1.82, 2.24) is 0 Å². The molecule has 2 nitrogen and oxygen atoms in total. The monoisotopic (exact) mass is 242 g/mol. The van der Waals surface area contributed by atoms with Crippen molar-refractivity contribution in [1.29, 1.82) is 0 Å².